The van der Waals surface area contributed by atoms with Crippen molar-refractivity contribution < 1.29 is 13.2 Å². The van der Waals surface area contributed by atoms with Gasteiger partial charge in [0.15, 0.2) is 5.82 Å². The number of amides is 1. The fourth-order valence-corrected chi connectivity index (χ4v) is 2.31. The maximum absolute atomic E-state index is 12.1. The van der Waals surface area contributed by atoms with Crippen molar-refractivity contribution in [1.82, 2.24) is 19.6 Å². The molecule has 9 heteroatoms. The standard InChI is InChI=1S/C10H17N5O3S/c1-13-5-7-14(8-6-13)10(16)15-4-3-9(11-15)12-19(2,17)18/h3-4H,5-8H2,1-2H3,(H,11,12). The van der Waals surface area contributed by atoms with Gasteiger partial charge in [0.2, 0.25) is 10.0 Å². The first-order valence-electron chi connectivity index (χ1n) is 5.86. The number of hydrogen-bond acceptors (Lipinski definition) is 5. The number of piperazine rings is 1. The van der Waals surface area contributed by atoms with Gasteiger partial charge in [0.1, 0.15) is 0 Å². The lowest BCUT2D eigenvalue weighted by Crippen LogP contribution is -2.48. The van der Waals surface area contributed by atoms with E-state index in [9.17, 15) is 13.2 Å². The van der Waals surface area contributed by atoms with Crippen LogP contribution >= 0.6 is 0 Å². The monoisotopic (exact) mass is 287 g/mol. The summed E-state index contributed by atoms with van der Waals surface area (Å²) in [5, 5.41) is 3.91. The Balaban J connectivity index is 2.04. The zero-order valence-corrected chi connectivity index (χ0v) is 11.7. The average molecular weight is 287 g/mol. The van der Waals surface area contributed by atoms with Crippen molar-refractivity contribution >= 4 is 21.9 Å². The number of carbonyl (C=O) groups is 1. The van der Waals surface area contributed by atoms with Crippen molar-refractivity contribution in [1.29, 1.82) is 0 Å². The zero-order valence-electron chi connectivity index (χ0n) is 10.9. The first-order chi connectivity index (χ1) is 8.85. The second-order valence-electron chi connectivity index (χ2n) is 4.59. The van der Waals surface area contributed by atoms with Gasteiger partial charge in [-0.1, -0.05) is 0 Å². The van der Waals surface area contributed by atoms with Crippen LogP contribution in [-0.4, -0.2) is 73.5 Å². The van der Waals surface area contributed by atoms with Crippen molar-refractivity contribution in [2.24, 2.45) is 0 Å². The van der Waals surface area contributed by atoms with Gasteiger partial charge in [0.05, 0.1) is 6.26 Å². The molecule has 0 saturated carbocycles. The van der Waals surface area contributed by atoms with Crippen LogP contribution in [0.15, 0.2) is 12.3 Å². The van der Waals surface area contributed by atoms with Gasteiger partial charge >= 0.3 is 6.03 Å². The molecule has 8 nitrogen and oxygen atoms in total. The minimum Gasteiger partial charge on any atom is -0.320 e. The lowest BCUT2D eigenvalue weighted by Gasteiger charge is -2.31. The Morgan fingerprint density at radius 1 is 1.32 bits per heavy atom. The van der Waals surface area contributed by atoms with Gasteiger partial charge in [-0.25, -0.2) is 13.2 Å². The summed E-state index contributed by atoms with van der Waals surface area (Å²) in [4.78, 5) is 16.0. The quantitative estimate of drug-likeness (QED) is 0.790. The van der Waals surface area contributed by atoms with Crippen LogP contribution in [0, 0.1) is 0 Å². The number of likely N-dealkylation sites (N-methyl/N-ethyl adjacent to an activating group) is 1. The zero-order chi connectivity index (χ0) is 14.0. The van der Waals surface area contributed by atoms with E-state index in [-0.39, 0.29) is 11.8 Å². The highest BCUT2D eigenvalue weighted by atomic mass is 32.2. The van der Waals surface area contributed by atoms with Crippen LogP contribution in [0.3, 0.4) is 0 Å². The number of nitrogens with zero attached hydrogens (tertiary/aromatic N) is 4. The Labute approximate surface area is 112 Å². The first kappa shape index (κ1) is 13.8. The molecule has 1 saturated heterocycles. The molecular formula is C10H17N5O3S. The highest BCUT2D eigenvalue weighted by Crippen LogP contribution is 2.07. The fourth-order valence-electron chi connectivity index (χ4n) is 1.82. The molecule has 1 fully saturated rings. The molecule has 1 N–H and O–H groups in total. The number of aromatic nitrogens is 2. The van der Waals surface area contributed by atoms with Crippen LogP contribution in [0.2, 0.25) is 0 Å². The smallest absolute Gasteiger partial charge is 0.320 e. The highest BCUT2D eigenvalue weighted by molar-refractivity contribution is 7.92. The summed E-state index contributed by atoms with van der Waals surface area (Å²) in [6.07, 6.45) is 2.49. The van der Waals surface area contributed by atoms with Crippen molar-refractivity contribution in [3.05, 3.63) is 12.3 Å². The van der Waals surface area contributed by atoms with Gasteiger partial charge < -0.3 is 9.80 Å². The topological polar surface area (TPSA) is 87.5 Å². The average Bonchev–Trinajstić information content (AvgIpc) is 2.75. The molecule has 2 heterocycles. The lowest BCUT2D eigenvalue weighted by molar-refractivity contribution is 0.153. The third kappa shape index (κ3) is 3.67. The second-order valence-corrected chi connectivity index (χ2v) is 6.34. The number of nitrogens with one attached hydrogen (secondary N) is 1. The molecular weight excluding hydrogens is 270 g/mol. The molecule has 1 aliphatic heterocycles. The molecule has 0 aromatic carbocycles. The molecule has 0 spiro atoms. The molecule has 1 aromatic heterocycles. The van der Waals surface area contributed by atoms with Gasteiger partial charge in [-0.2, -0.15) is 4.68 Å². The molecule has 0 radical (unpaired) electrons. The Morgan fingerprint density at radius 3 is 2.53 bits per heavy atom. The third-order valence-corrected chi connectivity index (χ3v) is 3.43. The molecule has 0 aliphatic carbocycles. The molecule has 1 aromatic rings. The van der Waals surface area contributed by atoms with Crippen LogP contribution in [0.25, 0.3) is 0 Å². The molecule has 0 unspecified atom stereocenters. The molecule has 0 atom stereocenters. The maximum Gasteiger partial charge on any atom is 0.344 e. The van der Waals surface area contributed by atoms with Gasteiger partial charge in [-0.15, -0.1) is 5.10 Å². The molecule has 2 rings (SSSR count). The van der Waals surface area contributed by atoms with Crippen LogP contribution in [-0.2, 0) is 10.0 Å². The summed E-state index contributed by atoms with van der Waals surface area (Å²) in [7, 11) is -1.38. The number of sulfonamides is 1. The SMILES string of the molecule is CN1CCN(C(=O)n2ccc(NS(C)(=O)=O)n2)CC1. The number of rotatable bonds is 2. The van der Waals surface area contributed by atoms with E-state index in [1.165, 1.54) is 12.3 Å². The van der Waals surface area contributed by atoms with E-state index in [0.717, 1.165) is 24.0 Å². The first-order valence-corrected chi connectivity index (χ1v) is 7.75. The fraction of sp³-hybridized carbons (Fsp3) is 0.600. The molecule has 19 heavy (non-hydrogen) atoms. The lowest BCUT2D eigenvalue weighted by atomic mass is 10.3. The van der Waals surface area contributed by atoms with Crippen LogP contribution in [0.5, 0.6) is 0 Å². The van der Waals surface area contributed by atoms with Gasteiger partial charge in [0, 0.05) is 38.4 Å². The van der Waals surface area contributed by atoms with E-state index in [1.807, 2.05) is 7.05 Å². The molecule has 106 valence electrons. The Bertz CT molecular complexity index is 559. The Kier molecular flexibility index (Phi) is 3.76. The third-order valence-electron chi connectivity index (χ3n) is 2.85. The van der Waals surface area contributed by atoms with Gasteiger partial charge in [0.25, 0.3) is 0 Å². The summed E-state index contributed by atoms with van der Waals surface area (Å²) in [6, 6.07) is 1.21. The molecule has 1 aliphatic rings. The second kappa shape index (κ2) is 5.17. The minimum atomic E-state index is -3.38. The summed E-state index contributed by atoms with van der Waals surface area (Å²) < 4.78 is 25.5. The van der Waals surface area contributed by atoms with Crippen molar-refractivity contribution in [3.8, 4) is 0 Å². The largest absolute Gasteiger partial charge is 0.344 e. The Hall–Kier alpha value is -1.61. The van der Waals surface area contributed by atoms with E-state index in [4.69, 9.17) is 0 Å². The van der Waals surface area contributed by atoms with Crippen molar-refractivity contribution in [2.75, 3.05) is 44.2 Å². The van der Waals surface area contributed by atoms with Crippen LogP contribution in [0.4, 0.5) is 10.6 Å². The van der Waals surface area contributed by atoms with Crippen molar-refractivity contribution in [2.45, 2.75) is 0 Å². The summed E-state index contributed by atoms with van der Waals surface area (Å²) in [5.74, 6) is 0.143. The van der Waals surface area contributed by atoms with Crippen molar-refractivity contribution in [3.63, 3.8) is 0 Å². The normalized spacial score (nSPS) is 17.5. The highest BCUT2D eigenvalue weighted by Gasteiger charge is 2.21. The predicted octanol–water partition coefficient (Wildman–Crippen LogP) is -0.530. The van der Waals surface area contributed by atoms with E-state index >= 15 is 0 Å². The van der Waals surface area contributed by atoms with E-state index in [0.29, 0.717) is 13.1 Å². The Morgan fingerprint density at radius 2 is 1.95 bits per heavy atom. The van der Waals surface area contributed by atoms with E-state index in [2.05, 4.69) is 14.7 Å². The number of carbonyl (C=O) groups excluding carboxylic acids is 1. The van der Waals surface area contributed by atoms with E-state index in [1.54, 1.807) is 4.90 Å². The molecule has 1 amide bonds. The number of hydrogen-bond donors (Lipinski definition) is 1. The minimum absolute atomic E-state index is 0.143. The van der Waals surface area contributed by atoms with Gasteiger partial charge in [-0.05, 0) is 7.05 Å². The van der Waals surface area contributed by atoms with Crippen LogP contribution < -0.4 is 4.72 Å². The summed E-state index contributed by atoms with van der Waals surface area (Å²) in [6.45, 7) is 2.93. The molecule has 0 bridgehead atoms. The van der Waals surface area contributed by atoms with E-state index < -0.39 is 10.0 Å². The maximum atomic E-state index is 12.1. The van der Waals surface area contributed by atoms with Gasteiger partial charge in [-0.3, -0.25) is 4.72 Å². The summed E-state index contributed by atoms with van der Waals surface area (Å²) >= 11 is 0. The number of anilines is 1. The van der Waals surface area contributed by atoms with Crippen LogP contribution in [0.1, 0.15) is 0 Å². The summed E-state index contributed by atoms with van der Waals surface area (Å²) in [5.41, 5.74) is 0. The predicted molar refractivity (Wildman–Crippen MR) is 70.6 cm³/mol.